The molecule has 114 valence electrons. The Balaban J connectivity index is 1.75. The summed E-state index contributed by atoms with van der Waals surface area (Å²) >= 11 is 0. The lowest BCUT2D eigenvalue weighted by molar-refractivity contribution is 0.153. The first-order chi connectivity index (χ1) is 10.1. The van der Waals surface area contributed by atoms with Gasteiger partial charge in [-0.05, 0) is 56.2 Å². The number of halogens is 2. The van der Waals surface area contributed by atoms with Crippen molar-refractivity contribution in [1.29, 1.82) is 0 Å². The van der Waals surface area contributed by atoms with Crippen molar-refractivity contribution in [2.75, 3.05) is 7.05 Å². The summed E-state index contributed by atoms with van der Waals surface area (Å²) in [6.45, 7) is 0. The summed E-state index contributed by atoms with van der Waals surface area (Å²) in [5.41, 5.74) is 0.257. The van der Waals surface area contributed by atoms with Crippen molar-refractivity contribution in [3.63, 3.8) is 0 Å². The van der Waals surface area contributed by atoms with Crippen LogP contribution in [0.4, 0.5) is 13.6 Å². The average Bonchev–Trinajstić information content (AvgIpc) is 3.21. The molecule has 1 N–H and O–H groups in total. The maximum absolute atomic E-state index is 14.0. The highest BCUT2D eigenvalue weighted by Gasteiger charge is 2.36. The Morgan fingerprint density at radius 1 is 1.29 bits per heavy atom. The lowest BCUT2D eigenvalue weighted by atomic mass is 9.92. The molecule has 1 unspecified atom stereocenters. The summed E-state index contributed by atoms with van der Waals surface area (Å²) in [4.78, 5) is 14.0. The van der Waals surface area contributed by atoms with Crippen LogP contribution in [0.1, 0.15) is 43.7 Å². The van der Waals surface area contributed by atoms with E-state index >= 15 is 0 Å². The van der Waals surface area contributed by atoms with Gasteiger partial charge in [0.05, 0.1) is 6.04 Å². The van der Waals surface area contributed by atoms with Gasteiger partial charge in [-0.2, -0.15) is 0 Å². The van der Waals surface area contributed by atoms with Crippen LogP contribution in [0.5, 0.6) is 0 Å². The number of carbonyl (C=O) groups excluding carboxylic acids is 1. The Morgan fingerprint density at radius 2 is 2.00 bits per heavy atom. The van der Waals surface area contributed by atoms with E-state index in [1.807, 2.05) is 0 Å². The van der Waals surface area contributed by atoms with Gasteiger partial charge < -0.3 is 10.2 Å². The standard InChI is InChI=1S/C16H20F2N2O/c1-20(12-3-2-4-12)16(21)19-15(10-5-6-10)13-9-11(17)7-8-14(13)18/h7-10,12,15H,2-6H2,1H3,(H,19,21). The van der Waals surface area contributed by atoms with Gasteiger partial charge in [0.25, 0.3) is 0 Å². The predicted molar refractivity (Wildman–Crippen MR) is 75.8 cm³/mol. The van der Waals surface area contributed by atoms with E-state index in [-0.39, 0.29) is 23.6 Å². The minimum Gasteiger partial charge on any atom is -0.331 e. The van der Waals surface area contributed by atoms with E-state index in [2.05, 4.69) is 5.32 Å². The number of nitrogens with zero attached hydrogens (tertiary/aromatic N) is 1. The van der Waals surface area contributed by atoms with Crippen LogP contribution in [0.3, 0.4) is 0 Å². The molecule has 2 saturated carbocycles. The molecule has 2 fully saturated rings. The molecule has 1 aromatic rings. The Morgan fingerprint density at radius 3 is 2.57 bits per heavy atom. The molecule has 2 amide bonds. The summed E-state index contributed by atoms with van der Waals surface area (Å²) in [5, 5.41) is 2.89. The molecule has 0 bridgehead atoms. The van der Waals surface area contributed by atoms with Gasteiger partial charge in [-0.15, -0.1) is 0 Å². The molecular formula is C16H20F2N2O. The minimum absolute atomic E-state index is 0.194. The van der Waals surface area contributed by atoms with Gasteiger partial charge in [-0.3, -0.25) is 0 Å². The Labute approximate surface area is 123 Å². The van der Waals surface area contributed by atoms with Crippen molar-refractivity contribution in [2.24, 2.45) is 5.92 Å². The van der Waals surface area contributed by atoms with Gasteiger partial charge in [0, 0.05) is 18.7 Å². The lowest BCUT2D eigenvalue weighted by Crippen LogP contribution is -2.47. The van der Waals surface area contributed by atoms with E-state index in [1.54, 1.807) is 11.9 Å². The van der Waals surface area contributed by atoms with Crippen molar-refractivity contribution in [2.45, 2.75) is 44.2 Å². The fourth-order valence-corrected chi connectivity index (χ4v) is 2.81. The Kier molecular flexibility index (Phi) is 3.83. The van der Waals surface area contributed by atoms with Crippen molar-refractivity contribution >= 4 is 6.03 Å². The number of urea groups is 1. The summed E-state index contributed by atoms with van der Waals surface area (Å²) in [6.07, 6.45) is 5.06. The maximum Gasteiger partial charge on any atom is 0.317 e. The maximum atomic E-state index is 14.0. The Hall–Kier alpha value is -1.65. The molecular weight excluding hydrogens is 274 g/mol. The molecule has 1 aromatic carbocycles. The van der Waals surface area contributed by atoms with Crippen LogP contribution in [0.15, 0.2) is 18.2 Å². The molecule has 3 rings (SSSR count). The van der Waals surface area contributed by atoms with Crippen LogP contribution in [-0.4, -0.2) is 24.0 Å². The number of benzene rings is 1. The minimum atomic E-state index is -0.473. The van der Waals surface area contributed by atoms with E-state index in [4.69, 9.17) is 0 Å². The molecule has 2 aliphatic carbocycles. The first kappa shape index (κ1) is 14.3. The van der Waals surface area contributed by atoms with Crippen molar-refractivity contribution in [3.8, 4) is 0 Å². The zero-order valence-electron chi connectivity index (χ0n) is 12.1. The fraction of sp³-hybridized carbons (Fsp3) is 0.562. The third-order valence-electron chi connectivity index (χ3n) is 4.61. The average molecular weight is 294 g/mol. The van der Waals surface area contributed by atoms with Crippen LogP contribution in [0.2, 0.25) is 0 Å². The molecule has 0 radical (unpaired) electrons. The first-order valence-corrected chi connectivity index (χ1v) is 7.54. The van der Waals surface area contributed by atoms with Gasteiger partial charge in [-0.25, -0.2) is 13.6 Å². The van der Waals surface area contributed by atoms with Crippen LogP contribution in [0.25, 0.3) is 0 Å². The number of amides is 2. The van der Waals surface area contributed by atoms with E-state index in [0.29, 0.717) is 0 Å². The lowest BCUT2D eigenvalue weighted by Gasteiger charge is -2.35. The molecule has 0 aliphatic heterocycles. The highest BCUT2D eigenvalue weighted by atomic mass is 19.1. The topological polar surface area (TPSA) is 32.3 Å². The molecule has 0 heterocycles. The zero-order valence-corrected chi connectivity index (χ0v) is 12.1. The van der Waals surface area contributed by atoms with Crippen LogP contribution in [0, 0.1) is 17.6 Å². The van der Waals surface area contributed by atoms with E-state index in [9.17, 15) is 13.6 Å². The highest BCUT2D eigenvalue weighted by molar-refractivity contribution is 5.75. The van der Waals surface area contributed by atoms with Crippen LogP contribution >= 0.6 is 0 Å². The van der Waals surface area contributed by atoms with Gasteiger partial charge in [0.1, 0.15) is 11.6 Å². The number of rotatable bonds is 4. The van der Waals surface area contributed by atoms with E-state index in [1.165, 1.54) is 6.07 Å². The molecule has 0 saturated heterocycles. The normalized spacial score (nSPS) is 19.8. The van der Waals surface area contributed by atoms with Crippen LogP contribution in [-0.2, 0) is 0 Å². The quantitative estimate of drug-likeness (QED) is 0.904. The summed E-state index contributed by atoms with van der Waals surface area (Å²) in [7, 11) is 1.77. The monoisotopic (exact) mass is 294 g/mol. The largest absolute Gasteiger partial charge is 0.331 e. The smallest absolute Gasteiger partial charge is 0.317 e. The second-order valence-electron chi connectivity index (χ2n) is 6.13. The van der Waals surface area contributed by atoms with E-state index < -0.39 is 17.7 Å². The third kappa shape index (κ3) is 3.01. The molecule has 3 nitrogen and oxygen atoms in total. The highest BCUT2D eigenvalue weighted by Crippen LogP contribution is 2.42. The van der Waals surface area contributed by atoms with E-state index in [0.717, 1.165) is 44.2 Å². The zero-order chi connectivity index (χ0) is 15.0. The molecule has 0 spiro atoms. The van der Waals surface area contributed by atoms with Gasteiger partial charge in [-0.1, -0.05) is 0 Å². The van der Waals surface area contributed by atoms with Crippen molar-refractivity contribution in [3.05, 3.63) is 35.4 Å². The SMILES string of the molecule is CN(C(=O)NC(c1cc(F)ccc1F)C1CC1)C1CCC1. The predicted octanol–water partition coefficient (Wildman–Crippen LogP) is 3.61. The Bertz CT molecular complexity index is 541. The number of nitrogens with one attached hydrogen (secondary N) is 1. The first-order valence-electron chi connectivity index (χ1n) is 7.54. The van der Waals surface area contributed by atoms with Gasteiger partial charge >= 0.3 is 6.03 Å². The van der Waals surface area contributed by atoms with Crippen molar-refractivity contribution in [1.82, 2.24) is 10.2 Å². The molecule has 0 aromatic heterocycles. The second kappa shape index (κ2) is 5.62. The van der Waals surface area contributed by atoms with Crippen molar-refractivity contribution < 1.29 is 13.6 Å². The van der Waals surface area contributed by atoms with Gasteiger partial charge in [0.15, 0.2) is 0 Å². The fourth-order valence-electron chi connectivity index (χ4n) is 2.81. The second-order valence-corrected chi connectivity index (χ2v) is 6.13. The summed E-state index contributed by atoms with van der Waals surface area (Å²) in [6, 6.07) is 3.08. The number of carbonyl (C=O) groups is 1. The number of hydrogen-bond donors (Lipinski definition) is 1. The molecule has 5 heteroatoms. The summed E-state index contributed by atoms with van der Waals surface area (Å²) < 4.78 is 27.4. The van der Waals surface area contributed by atoms with Gasteiger partial charge in [0.2, 0.25) is 0 Å². The third-order valence-corrected chi connectivity index (χ3v) is 4.61. The summed E-state index contributed by atoms with van der Waals surface area (Å²) in [5.74, 6) is -0.724. The molecule has 2 aliphatic rings. The molecule has 21 heavy (non-hydrogen) atoms. The molecule has 1 atom stereocenters. The number of hydrogen-bond acceptors (Lipinski definition) is 1. The van der Waals surface area contributed by atoms with Crippen LogP contribution < -0.4 is 5.32 Å².